The molecule has 0 unspecified atom stereocenters. The zero-order valence-electron chi connectivity index (χ0n) is 11.1. The summed E-state index contributed by atoms with van der Waals surface area (Å²) in [7, 11) is 1.77. The van der Waals surface area contributed by atoms with Gasteiger partial charge in [-0.25, -0.2) is 0 Å². The predicted octanol–water partition coefficient (Wildman–Crippen LogP) is 3.42. The van der Waals surface area contributed by atoms with Crippen LogP contribution >= 0.6 is 22.9 Å². The maximum Gasteiger partial charge on any atom is 0.169 e. The molecule has 3 aromatic heterocycles. The molecule has 0 fully saturated rings. The van der Waals surface area contributed by atoms with Gasteiger partial charge in [0.2, 0.25) is 0 Å². The fourth-order valence-corrected chi connectivity index (χ4v) is 3.16. The van der Waals surface area contributed by atoms with Gasteiger partial charge >= 0.3 is 0 Å². The maximum atomic E-state index is 12.4. The molecule has 0 aliphatic carbocycles. The van der Waals surface area contributed by atoms with E-state index in [1.807, 2.05) is 24.4 Å². The lowest BCUT2D eigenvalue weighted by Gasteiger charge is -2.01. The number of halogens is 1. The molecule has 3 heterocycles. The highest BCUT2D eigenvalue weighted by molar-refractivity contribution is 7.17. The Balaban J connectivity index is 1.92. The van der Waals surface area contributed by atoms with Gasteiger partial charge in [-0.05, 0) is 24.4 Å². The fourth-order valence-electron chi connectivity index (χ4n) is 2.14. The summed E-state index contributed by atoms with van der Waals surface area (Å²) in [6.07, 6.45) is 1.87. The Hall–Kier alpha value is -1.72. The maximum absolute atomic E-state index is 12.4. The van der Waals surface area contributed by atoms with E-state index in [-0.39, 0.29) is 12.2 Å². The summed E-state index contributed by atoms with van der Waals surface area (Å²) >= 11 is 7.74. The van der Waals surface area contributed by atoms with E-state index in [2.05, 4.69) is 10.1 Å². The van der Waals surface area contributed by atoms with E-state index < -0.39 is 0 Å². The third kappa shape index (κ3) is 2.23. The predicted molar refractivity (Wildman–Crippen MR) is 80.6 cm³/mol. The summed E-state index contributed by atoms with van der Waals surface area (Å²) in [5, 5.41) is 6.70. The van der Waals surface area contributed by atoms with Gasteiger partial charge in [-0.2, -0.15) is 5.10 Å². The number of fused-ring (bicyclic) bond motifs is 1. The minimum Gasteiger partial charge on any atom is -0.294 e. The zero-order chi connectivity index (χ0) is 14.3. The van der Waals surface area contributed by atoms with Crippen LogP contribution in [0.5, 0.6) is 0 Å². The number of thiophene rings is 1. The van der Waals surface area contributed by atoms with Crippen molar-refractivity contribution < 1.29 is 4.79 Å². The van der Waals surface area contributed by atoms with Crippen molar-refractivity contribution in [3.05, 3.63) is 45.7 Å². The third-order valence-corrected chi connectivity index (χ3v) is 4.56. The van der Waals surface area contributed by atoms with Gasteiger partial charge < -0.3 is 0 Å². The van der Waals surface area contributed by atoms with Crippen LogP contribution in [0.15, 0.2) is 23.7 Å². The number of rotatable bonds is 3. The molecule has 0 bridgehead atoms. The van der Waals surface area contributed by atoms with Gasteiger partial charge in [0.25, 0.3) is 0 Å². The summed E-state index contributed by atoms with van der Waals surface area (Å²) in [4.78, 5) is 16.7. The Morgan fingerprint density at radius 3 is 3.00 bits per heavy atom. The van der Waals surface area contributed by atoms with Crippen LogP contribution in [0.1, 0.15) is 21.6 Å². The number of ketones is 1. The molecule has 3 rings (SSSR count). The lowest BCUT2D eigenvalue weighted by atomic mass is 10.1. The van der Waals surface area contributed by atoms with Crippen LogP contribution in [0.3, 0.4) is 0 Å². The first-order valence-corrected chi connectivity index (χ1v) is 7.36. The van der Waals surface area contributed by atoms with Crippen molar-refractivity contribution in [1.82, 2.24) is 14.8 Å². The van der Waals surface area contributed by atoms with E-state index in [0.717, 1.165) is 21.5 Å². The van der Waals surface area contributed by atoms with Crippen LogP contribution in [-0.4, -0.2) is 20.5 Å². The molecule has 0 aromatic carbocycles. The van der Waals surface area contributed by atoms with Crippen molar-refractivity contribution >= 4 is 38.9 Å². The number of aryl methyl sites for hydroxylation is 2. The summed E-state index contributed by atoms with van der Waals surface area (Å²) in [5.41, 5.74) is 3.10. The quantitative estimate of drug-likeness (QED) is 0.697. The fraction of sp³-hybridized carbons (Fsp3) is 0.214. The van der Waals surface area contributed by atoms with Gasteiger partial charge in [-0.15, -0.1) is 11.3 Å². The lowest BCUT2D eigenvalue weighted by molar-refractivity contribution is 0.0992. The Kier molecular flexibility index (Phi) is 3.31. The number of aromatic nitrogens is 3. The van der Waals surface area contributed by atoms with Crippen molar-refractivity contribution in [1.29, 1.82) is 0 Å². The molecule has 0 spiro atoms. The average molecular weight is 306 g/mol. The number of hydrogen-bond donors (Lipinski definition) is 0. The van der Waals surface area contributed by atoms with E-state index in [1.165, 1.54) is 0 Å². The number of carbonyl (C=O) groups excluding carboxylic acids is 1. The molecule has 0 N–H and O–H groups in total. The van der Waals surface area contributed by atoms with Gasteiger partial charge in [0.1, 0.15) is 5.15 Å². The van der Waals surface area contributed by atoms with Gasteiger partial charge in [-0.1, -0.05) is 11.6 Å². The van der Waals surface area contributed by atoms with E-state index in [4.69, 9.17) is 11.6 Å². The highest BCUT2D eigenvalue weighted by Crippen LogP contribution is 2.23. The second kappa shape index (κ2) is 5.00. The molecule has 0 saturated heterocycles. The van der Waals surface area contributed by atoms with E-state index >= 15 is 0 Å². The van der Waals surface area contributed by atoms with Crippen molar-refractivity contribution in [3.8, 4) is 0 Å². The molecule has 0 atom stereocenters. The number of hydrogen-bond acceptors (Lipinski definition) is 4. The molecule has 0 aliphatic rings. The Labute approximate surface area is 125 Å². The largest absolute Gasteiger partial charge is 0.294 e. The summed E-state index contributed by atoms with van der Waals surface area (Å²) in [6.45, 7) is 1.86. The van der Waals surface area contributed by atoms with Gasteiger partial charge in [0, 0.05) is 30.8 Å². The molecule has 6 heteroatoms. The van der Waals surface area contributed by atoms with E-state index in [0.29, 0.717) is 10.7 Å². The average Bonchev–Trinajstić information content (AvgIpc) is 2.98. The summed E-state index contributed by atoms with van der Waals surface area (Å²) in [6, 6.07) is 3.82. The highest BCUT2D eigenvalue weighted by atomic mass is 35.5. The topological polar surface area (TPSA) is 47.8 Å². The number of nitrogens with zero attached hydrogens (tertiary/aromatic N) is 3. The van der Waals surface area contributed by atoms with Crippen molar-refractivity contribution in [2.24, 2.45) is 7.05 Å². The lowest BCUT2D eigenvalue weighted by Crippen LogP contribution is -2.05. The Morgan fingerprint density at radius 2 is 2.30 bits per heavy atom. The first-order valence-electron chi connectivity index (χ1n) is 6.10. The molecule has 3 aromatic rings. The molecule has 0 saturated carbocycles. The molecule has 20 heavy (non-hydrogen) atoms. The Bertz CT molecular complexity index is 806. The second-order valence-corrected chi connectivity index (χ2v) is 5.91. The number of pyridine rings is 1. The first kappa shape index (κ1) is 13.3. The SMILES string of the molecule is Cc1nn(C)c(Cl)c1CC(=O)c1cnc2ccsc2c1. The van der Waals surface area contributed by atoms with E-state index in [9.17, 15) is 4.79 Å². The van der Waals surface area contributed by atoms with Crippen molar-refractivity contribution in [3.63, 3.8) is 0 Å². The Morgan fingerprint density at radius 1 is 1.50 bits per heavy atom. The van der Waals surface area contributed by atoms with Crippen molar-refractivity contribution in [2.75, 3.05) is 0 Å². The molecule has 102 valence electrons. The second-order valence-electron chi connectivity index (χ2n) is 4.61. The van der Waals surface area contributed by atoms with E-state index in [1.54, 1.807) is 29.3 Å². The van der Waals surface area contributed by atoms with Gasteiger partial charge in [0.05, 0.1) is 15.9 Å². The summed E-state index contributed by atoms with van der Waals surface area (Å²) < 4.78 is 2.60. The van der Waals surface area contributed by atoms with Crippen molar-refractivity contribution in [2.45, 2.75) is 13.3 Å². The minimum atomic E-state index is 0.00537. The van der Waals surface area contributed by atoms with Crippen LogP contribution in [0, 0.1) is 6.92 Å². The molecular weight excluding hydrogens is 294 g/mol. The number of Topliss-reactive ketones (excluding diaryl/α,β-unsaturated/α-hetero) is 1. The van der Waals surface area contributed by atoms with Crippen LogP contribution in [0.2, 0.25) is 5.15 Å². The monoisotopic (exact) mass is 305 g/mol. The number of carbonyl (C=O) groups is 1. The molecule has 0 aliphatic heterocycles. The molecule has 4 nitrogen and oxygen atoms in total. The van der Waals surface area contributed by atoms with Crippen LogP contribution in [0.25, 0.3) is 10.2 Å². The van der Waals surface area contributed by atoms with Crippen LogP contribution in [0.4, 0.5) is 0 Å². The molecule has 0 amide bonds. The zero-order valence-corrected chi connectivity index (χ0v) is 12.6. The van der Waals surface area contributed by atoms with Gasteiger partial charge in [0.15, 0.2) is 5.78 Å². The van der Waals surface area contributed by atoms with Crippen LogP contribution < -0.4 is 0 Å². The minimum absolute atomic E-state index is 0.00537. The molecular formula is C14H12ClN3OS. The summed E-state index contributed by atoms with van der Waals surface area (Å²) in [5.74, 6) is 0.00537. The highest BCUT2D eigenvalue weighted by Gasteiger charge is 2.16. The molecule has 0 radical (unpaired) electrons. The normalized spacial score (nSPS) is 11.2. The first-order chi connectivity index (χ1) is 9.56. The standard InChI is InChI=1S/C14H12ClN3OS/c1-8-10(14(15)18(2)17-8)6-12(19)9-5-13-11(16-7-9)3-4-20-13/h3-5,7H,6H2,1-2H3. The van der Waals surface area contributed by atoms with Gasteiger partial charge in [-0.3, -0.25) is 14.5 Å². The third-order valence-electron chi connectivity index (χ3n) is 3.23. The van der Waals surface area contributed by atoms with Crippen LogP contribution in [-0.2, 0) is 13.5 Å². The smallest absolute Gasteiger partial charge is 0.169 e.